The summed E-state index contributed by atoms with van der Waals surface area (Å²) < 4.78 is 28.3. The SMILES string of the molecule is Cc1cc(S(=O)(=O)NC(C(=O)O)c2ccnn2C)sc1C. The minimum atomic E-state index is -3.90. The highest BCUT2D eigenvalue weighted by Gasteiger charge is 2.30. The van der Waals surface area contributed by atoms with Crippen molar-refractivity contribution >= 4 is 27.3 Å². The molecule has 0 fully saturated rings. The van der Waals surface area contributed by atoms with Gasteiger partial charge in [0.1, 0.15) is 4.21 Å². The molecule has 2 aromatic heterocycles. The van der Waals surface area contributed by atoms with Crippen molar-refractivity contribution in [2.24, 2.45) is 7.05 Å². The number of nitrogens with zero attached hydrogens (tertiary/aromatic N) is 2. The number of aromatic nitrogens is 2. The van der Waals surface area contributed by atoms with E-state index in [0.29, 0.717) is 0 Å². The number of sulfonamides is 1. The third-order valence-electron chi connectivity index (χ3n) is 3.08. The van der Waals surface area contributed by atoms with Crippen LogP contribution in [0.1, 0.15) is 22.2 Å². The Kier molecular flexibility index (Phi) is 4.17. The molecule has 2 aromatic rings. The standard InChI is InChI=1S/C12H15N3O4S2/c1-7-6-10(20-8(7)2)21(18,19)14-11(12(16)17)9-4-5-13-15(9)3/h4-6,11,14H,1-3H3,(H,16,17). The molecule has 7 nitrogen and oxygen atoms in total. The molecule has 0 amide bonds. The molecule has 9 heteroatoms. The first-order valence-electron chi connectivity index (χ1n) is 6.02. The zero-order valence-corrected chi connectivity index (χ0v) is 13.3. The van der Waals surface area contributed by atoms with Crippen LogP contribution < -0.4 is 4.72 Å². The number of aliphatic carboxylic acids is 1. The Balaban J connectivity index is 2.37. The number of hydrogen-bond acceptors (Lipinski definition) is 5. The summed E-state index contributed by atoms with van der Waals surface area (Å²) in [5.41, 5.74) is 1.11. The zero-order chi connectivity index (χ0) is 15.8. The first kappa shape index (κ1) is 15.7. The number of rotatable bonds is 5. The number of thiophene rings is 1. The van der Waals surface area contributed by atoms with Crippen LogP contribution in [-0.2, 0) is 21.9 Å². The minimum absolute atomic E-state index is 0.103. The molecule has 0 aromatic carbocycles. The van der Waals surface area contributed by atoms with Gasteiger partial charge in [-0.25, -0.2) is 8.42 Å². The van der Waals surface area contributed by atoms with E-state index in [4.69, 9.17) is 0 Å². The summed E-state index contributed by atoms with van der Waals surface area (Å²) in [6.07, 6.45) is 1.42. The predicted octanol–water partition coefficient (Wildman–Crippen LogP) is 1.20. The van der Waals surface area contributed by atoms with E-state index in [9.17, 15) is 18.3 Å². The normalized spacial score (nSPS) is 13.3. The average molecular weight is 329 g/mol. The fourth-order valence-electron chi connectivity index (χ4n) is 1.79. The summed E-state index contributed by atoms with van der Waals surface area (Å²) in [6, 6.07) is 1.61. The van der Waals surface area contributed by atoms with E-state index < -0.39 is 22.0 Å². The maximum Gasteiger partial charge on any atom is 0.327 e. The van der Waals surface area contributed by atoms with Crippen LogP contribution in [0.2, 0.25) is 0 Å². The fourth-order valence-corrected chi connectivity index (χ4v) is 4.49. The first-order valence-corrected chi connectivity index (χ1v) is 8.32. The molecule has 1 unspecified atom stereocenters. The van der Waals surface area contributed by atoms with Gasteiger partial charge in [0.2, 0.25) is 0 Å². The molecule has 2 rings (SSSR count). The fraction of sp³-hybridized carbons (Fsp3) is 0.333. The highest BCUT2D eigenvalue weighted by Crippen LogP contribution is 2.26. The van der Waals surface area contributed by atoms with Crippen molar-refractivity contribution in [3.8, 4) is 0 Å². The Morgan fingerprint density at radius 1 is 1.48 bits per heavy atom. The molecule has 0 aliphatic heterocycles. The van der Waals surface area contributed by atoms with E-state index in [1.807, 2.05) is 6.92 Å². The number of aryl methyl sites for hydroxylation is 3. The highest BCUT2D eigenvalue weighted by molar-refractivity contribution is 7.91. The van der Waals surface area contributed by atoms with Crippen molar-refractivity contribution in [2.45, 2.75) is 24.1 Å². The van der Waals surface area contributed by atoms with E-state index in [-0.39, 0.29) is 9.90 Å². The van der Waals surface area contributed by atoms with E-state index >= 15 is 0 Å². The third-order valence-corrected chi connectivity index (χ3v) is 6.13. The smallest absolute Gasteiger partial charge is 0.327 e. The molecule has 2 N–H and O–H groups in total. The van der Waals surface area contributed by atoms with Crippen molar-refractivity contribution in [3.05, 3.63) is 34.5 Å². The topological polar surface area (TPSA) is 101 Å². The molecule has 0 saturated heterocycles. The van der Waals surface area contributed by atoms with Gasteiger partial charge in [-0.05, 0) is 31.5 Å². The van der Waals surface area contributed by atoms with Crippen LogP contribution in [-0.4, -0.2) is 29.3 Å². The van der Waals surface area contributed by atoms with E-state index in [1.54, 1.807) is 14.0 Å². The second-order valence-corrected chi connectivity index (χ2v) is 7.77. The average Bonchev–Trinajstić information content (AvgIpc) is 2.94. The Labute approximate surface area is 126 Å². The number of hydrogen-bond donors (Lipinski definition) is 2. The van der Waals surface area contributed by atoms with E-state index in [0.717, 1.165) is 21.8 Å². The van der Waals surface area contributed by atoms with E-state index in [2.05, 4.69) is 9.82 Å². The predicted molar refractivity (Wildman–Crippen MR) is 77.7 cm³/mol. The molecule has 0 bridgehead atoms. The van der Waals surface area contributed by atoms with Crippen LogP contribution in [0.3, 0.4) is 0 Å². The molecule has 0 aliphatic rings. The van der Waals surface area contributed by atoms with Crippen molar-refractivity contribution in [3.63, 3.8) is 0 Å². The summed E-state index contributed by atoms with van der Waals surface area (Å²) >= 11 is 1.11. The molecule has 0 spiro atoms. The van der Waals surface area contributed by atoms with Crippen LogP contribution in [0, 0.1) is 13.8 Å². The number of carboxylic acids is 1. The summed E-state index contributed by atoms with van der Waals surface area (Å²) in [5, 5.41) is 13.1. The van der Waals surface area contributed by atoms with Crippen molar-refractivity contribution in [1.29, 1.82) is 0 Å². The second kappa shape index (κ2) is 5.58. The summed E-state index contributed by atoms with van der Waals surface area (Å²) in [7, 11) is -2.35. The first-order chi connectivity index (χ1) is 9.72. The molecule has 0 aliphatic carbocycles. The lowest BCUT2D eigenvalue weighted by Gasteiger charge is -2.14. The summed E-state index contributed by atoms with van der Waals surface area (Å²) in [4.78, 5) is 12.2. The number of carboxylic acid groups (broad SMARTS) is 1. The molecular formula is C12H15N3O4S2. The Bertz CT molecular complexity index is 757. The molecule has 2 heterocycles. The van der Waals surface area contributed by atoms with E-state index in [1.165, 1.54) is 23.0 Å². The number of carbonyl (C=O) groups is 1. The third kappa shape index (κ3) is 3.14. The van der Waals surface area contributed by atoms with Crippen molar-refractivity contribution in [2.75, 3.05) is 0 Å². The van der Waals surface area contributed by atoms with Gasteiger partial charge >= 0.3 is 5.97 Å². The molecule has 0 saturated carbocycles. The second-order valence-electron chi connectivity index (χ2n) is 4.58. The summed E-state index contributed by atoms with van der Waals surface area (Å²) in [6.45, 7) is 3.62. The lowest BCUT2D eigenvalue weighted by molar-refractivity contribution is -0.139. The number of nitrogens with one attached hydrogen (secondary N) is 1. The molecule has 114 valence electrons. The van der Waals surface area contributed by atoms with Crippen LogP contribution >= 0.6 is 11.3 Å². The van der Waals surface area contributed by atoms with Crippen LogP contribution in [0.25, 0.3) is 0 Å². The van der Waals surface area contributed by atoms with Crippen LogP contribution in [0.15, 0.2) is 22.5 Å². The Morgan fingerprint density at radius 3 is 2.57 bits per heavy atom. The lowest BCUT2D eigenvalue weighted by atomic mass is 10.2. The monoisotopic (exact) mass is 329 g/mol. The van der Waals surface area contributed by atoms with Crippen molar-refractivity contribution in [1.82, 2.24) is 14.5 Å². The molecular weight excluding hydrogens is 314 g/mol. The van der Waals surface area contributed by atoms with Gasteiger partial charge in [0.05, 0.1) is 5.69 Å². The van der Waals surface area contributed by atoms with Gasteiger partial charge in [0, 0.05) is 18.1 Å². The lowest BCUT2D eigenvalue weighted by Crippen LogP contribution is -2.34. The van der Waals surface area contributed by atoms with Crippen LogP contribution in [0.4, 0.5) is 0 Å². The molecule has 0 radical (unpaired) electrons. The van der Waals surface area contributed by atoms with Gasteiger partial charge in [0.15, 0.2) is 6.04 Å². The van der Waals surface area contributed by atoms with Gasteiger partial charge in [-0.2, -0.15) is 9.82 Å². The van der Waals surface area contributed by atoms with Gasteiger partial charge in [-0.3, -0.25) is 9.48 Å². The largest absolute Gasteiger partial charge is 0.480 e. The quantitative estimate of drug-likeness (QED) is 0.858. The Morgan fingerprint density at radius 2 is 2.14 bits per heavy atom. The van der Waals surface area contributed by atoms with Gasteiger partial charge in [-0.1, -0.05) is 0 Å². The minimum Gasteiger partial charge on any atom is -0.480 e. The highest BCUT2D eigenvalue weighted by atomic mass is 32.2. The zero-order valence-electron chi connectivity index (χ0n) is 11.7. The van der Waals surface area contributed by atoms with Gasteiger partial charge < -0.3 is 5.11 Å². The molecule has 21 heavy (non-hydrogen) atoms. The maximum atomic E-state index is 12.3. The Hall–Kier alpha value is -1.71. The van der Waals surface area contributed by atoms with Gasteiger partial charge in [0.25, 0.3) is 10.0 Å². The summed E-state index contributed by atoms with van der Waals surface area (Å²) in [5.74, 6) is -1.29. The van der Waals surface area contributed by atoms with Crippen LogP contribution in [0.5, 0.6) is 0 Å². The maximum absolute atomic E-state index is 12.3. The van der Waals surface area contributed by atoms with Gasteiger partial charge in [-0.15, -0.1) is 11.3 Å². The molecule has 1 atom stereocenters. The van der Waals surface area contributed by atoms with Crippen molar-refractivity contribution < 1.29 is 18.3 Å².